The van der Waals surface area contributed by atoms with Crippen LogP contribution < -0.4 is 0 Å². The molecule has 0 bridgehead atoms. The summed E-state index contributed by atoms with van der Waals surface area (Å²) in [6.45, 7) is 7.87. The molecule has 0 saturated carbocycles. The molecule has 1 aromatic heterocycles. The Hall–Kier alpha value is -2.11. The van der Waals surface area contributed by atoms with Crippen LogP contribution in [0.4, 0.5) is 13.6 Å². The predicted molar refractivity (Wildman–Crippen MR) is 88.1 cm³/mol. The summed E-state index contributed by atoms with van der Waals surface area (Å²) in [7, 11) is 1.68. The van der Waals surface area contributed by atoms with E-state index in [9.17, 15) is 13.6 Å². The van der Waals surface area contributed by atoms with E-state index >= 15 is 0 Å². The van der Waals surface area contributed by atoms with Crippen molar-refractivity contribution in [3.63, 3.8) is 0 Å². The molecule has 0 spiro atoms. The van der Waals surface area contributed by atoms with E-state index in [1.165, 1.54) is 6.07 Å². The van der Waals surface area contributed by atoms with Crippen LogP contribution in [0.5, 0.6) is 0 Å². The van der Waals surface area contributed by atoms with Gasteiger partial charge in [-0.15, -0.1) is 0 Å². The van der Waals surface area contributed by atoms with Gasteiger partial charge in [0.1, 0.15) is 5.60 Å². The molecule has 3 rings (SSSR count). The summed E-state index contributed by atoms with van der Waals surface area (Å²) in [5.41, 5.74) is 0.827. The third kappa shape index (κ3) is 2.64. The molecule has 2 aromatic rings. The van der Waals surface area contributed by atoms with E-state index in [4.69, 9.17) is 4.74 Å². The number of carbonyl (C=O) groups excluding carboxylic acids is 1. The summed E-state index contributed by atoms with van der Waals surface area (Å²) in [4.78, 5) is 13.9. The van der Waals surface area contributed by atoms with E-state index in [2.05, 4.69) is 0 Å². The molecule has 1 aliphatic heterocycles. The van der Waals surface area contributed by atoms with Crippen LogP contribution in [0, 0.1) is 11.6 Å². The number of aromatic nitrogens is 1. The lowest BCUT2D eigenvalue weighted by Crippen LogP contribution is -2.46. The maximum absolute atomic E-state index is 14.0. The molecule has 1 amide bonds. The molecule has 1 aliphatic rings. The number of nitrogens with zero attached hydrogens (tertiary/aromatic N) is 2. The summed E-state index contributed by atoms with van der Waals surface area (Å²) in [5, 5.41) is 0.287. The normalized spacial score (nSPS) is 20.3. The summed E-state index contributed by atoms with van der Waals surface area (Å²) in [6.07, 6.45) is 1.31. The fourth-order valence-corrected chi connectivity index (χ4v) is 3.36. The number of carbonyl (C=O) groups is 1. The lowest BCUT2D eigenvalue weighted by atomic mass is 9.88. The van der Waals surface area contributed by atoms with Gasteiger partial charge in [-0.2, -0.15) is 0 Å². The van der Waals surface area contributed by atoms with Crippen LogP contribution in [0.3, 0.4) is 0 Å². The van der Waals surface area contributed by atoms with Crippen molar-refractivity contribution in [2.45, 2.75) is 51.8 Å². The minimum Gasteiger partial charge on any atom is -0.444 e. The predicted octanol–water partition coefficient (Wildman–Crippen LogP) is 4.27. The van der Waals surface area contributed by atoms with Gasteiger partial charge in [0, 0.05) is 31.1 Å². The first kappa shape index (κ1) is 16.7. The molecule has 4 nitrogen and oxygen atoms in total. The zero-order chi connectivity index (χ0) is 17.8. The van der Waals surface area contributed by atoms with E-state index in [1.54, 1.807) is 24.2 Å². The zero-order valence-electron chi connectivity index (χ0n) is 14.6. The number of hydrogen-bond acceptors (Lipinski definition) is 2. The lowest BCUT2D eigenvalue weighted by molar-refractivity contribution is 0.0181. The quantitative estimate of drug-likeness (QED) is 0.779. The molecule has 2 heterocycles. The Balaban J connectivity index is 1.97. The van der Waals surface area contributed by atoms with Gasteiger partial charge >= 0.3 is 6.09 Å². The van der Waals surface area contributed by atoms with E-state index in [0.29, 0.717) is 17.6 Å². The zero-order valence-corrected chi connectivity index (χ0v) is 14.6. The molecule has 0 aliphatic carbocycles. The van der Waals surface area contributed by atoms with Crippen molar-refractivity contribution in [2.24, 2.45) is 0 Å². The number of likely N-dealkylation sites (N-methyl/N-ethyl adjacent to an activating group) is 1. The molecule has 1 aromatic carbocycles. The average Bonchev–Trinajstić information content (AvgIpc) is 2.89. The van der Waals surface area contributed by atoms with Crippen LogP contribution in [0.1, 0.15) is 39.2 Å². The number of ether oxygens (including phenoxy) is 1. The van der Waals surface area contributed by atoms with Crippen LogP contribution in [0.2, 0.25) is 0 Å². The minimum atomic E-state index is -0.859. The maximum Gasteiger partial charge on any atom is 0.410 e. The Morgan fingerprint density at radius 2 is 2.04 bits per heavy atom. The molecule has 0 N–H and O–H groups in total. The van der Waals surface area contributed by atoms with Gasteiger partial charge < -0.3 is 14.2 Å². The van der Waals surface area contributed by atoms with Crippen molar-refractivity contribution in [3.05, 3.63) is 35.5 Å². The van der Waals surface area contributed by atoms with Crippen molar-refractivity contribution < 1.29 is 18.3 Å². The van der Waals surface area contributed by atoms with Crippen LogP contribution in [0.25, 0.3) is 10.9 Å². The van der Waals surface area contributed by atoms with Crippen molar-refractivity contribution in [2.75, 3.05) is 7.05 Å². The highest BCUT2D eigenvalue weighted by Crippen LogP contribution is 2.38. The highest BCUT2D eigenvalue weighted by atomic mass is 19.2. The largest absolute Gasteiger partial charge is 0.444 e. The molecule has 130 valence electrons. The molecule has 0 radical (unpaired) electrons. The Labute approximate surface area is 140 Å². The van der Waals surface area contributed by atoms with E-state index < -0.39 is 23.3 Å². The Morgan fingerprint density at radius 3 is 2.67 bits per heavy atom. The molecule has 0 unspecified atom stereocenters. The first-order valence-corrected chi connectivity index (χ1v) is 8.02. The van der Waals surface area contributed by atoms with Crippen molar-refractivity contribution in [3.8, 4) is 0 Å². The van der Waals surface area contributed by atoms with Crippen molar-refractivity contribution in [1.29, 1.82) is 0 Å². The van der Waals surface area contributed by atoms with E-state index in [0.717, 1.165) is 0 Å². The van der Waals surface area contributed by atoms with Gasteiger partial charge in [-0.05, 0) is 38.5 Å². The summed E-state index contributed by atoms with van der Waals surface area (Å²) in [5.74, 6) is -1.82. The Kier molecular flexibility index (Phi) is 3.81. The highest BCUT2D eigenvalue weighted by Gasteiger charge is 2.35. The Morgan fingerprint density at radius 1 is 1.38 bits per heavy atom. The molecular formula is C18H22F2N2O2. The monoisotopic (exact) mass is 336 g/mol. The standard InChI is InChI=1S/C18H22F2N2O2/c1-10-12-8-13(19)15(20)11-6-7-22(16(11)12)9-14(10)21(5)17(23)24-18(2,3)4/h6-8,10,14H,9H2,1-5H3/t10-,14+/m0/s1. The highest BCUT2D eigenvalue weighted by molar-refractivity contribution is 5.85. The van der Waals surface area contributed by atoms with E-state index in [1.807, 2.05) is 32.3 Å². The number of hydrogen-bond donors (Lipinski definition) is 0. The van der Waals surface area contributed by atoms with Gasteiger partial charge in [-0.3, -0.25) is 0 Å². The fraction of sp³-hybridized carbons (Fsp3) is 0.500. The van der Waals surface area contributed by atoms with Gasteiger partial charge in [0.2, 0.25) is 0 Å². The second-order valence-corrected chi connectivity index (χ2v) is 7.44. The van der Waals surface area contributed by atoms with Crippen molar-refractivity contribution in [1.82, 2.24) is 9.47 Å². The lowest BCUT2D eigenvalue weighted by Gasteiger charge is -2.38. The van der Waals surface area contributed by atoms with Crippen LogP contribution in [0.15, 0.2) is 18.3 Å². The Bertz CT molecular complexity index is 807. The number of halogens is 2. The van der Waals surface area contributed by atoms with Gasteiger partial charge in [0.05, 0.1) is 11.6 Å². The maximum atomic E-state index is 14.0. The summed E-state index contributed by atoms with van der Waals surface area (Å²) in [6, 6.07) is 2.63. The second-order valence-electron chi connectivity index (χ2n) is 7.44. The minimum absolute atomic E-state index is 0.137. The summed E-state index contributed by atoms with van der Waals surface area (Å²) >= 11 is 0. The molecule has 24 heavy (non-hydrogen) atoms. The van der Waals surface area contributed by atoms with Gasteiger partial charge in [-0.1, -0.05) is 6.92 Å². The third-order valence-electron chi connectivity index (χ3n) is 4.60. The molecule has 6 heteroatoms. The molecule has 0 fully saturated rings. The van der Waals surface area contributed by atoms with Gasteiger partial charge in [0.25, 0.3) is 0 Å². The molecule has 2 atom stereocenters. The topological polar surface area (TPSA) is 34.5 Å². The van der Waals surface area contributed by atoms with E-state index in [-0.39, 0.29) is 17.3 Å². The fourth-order valence-electron chi connectivity index (χ4n) is 3.36. The smallest absolute Gasteiger partial charge is 0.410 e. The summed E-state index contributed by atoms with van der Waals surface area (Å²) < 4.78 is 35.2. The molecule has 0 saturated heterocycles. The van der Waals surface area contributed by atoms with Gasteiger partial charge in [0.15, 0.2) is 11.6 Å². The third-order valence-corrected chi connectivity index (χ3v) is 4.60. The first-order valence-electron chi connectivity index (χ1n) is 8.02. The van der Waals surface area contributed by atoms with Crippen LogP contribution in [-0.2, 0) is 11.3 Å². The number of amides is 1. The van der Waals surface area contributed by atoms with Crippen LogP contribution >= 0.6 is 0 Å². The second kappa shape index (κ2) is 5.46. The van der Waals surface area contributed by atoms with Crippen molar-refractivity contribution >= 4 is 17.0 Å². The average molecular weight is 336 g/mol. The number of rotatable bonds is 1. The first-order chi connectivity index (χ1) is 11.1. The van der Waals surface area contributed by atoms with Crippen LogP contribution in [-0.4, -0.2) is 34.3 Å². The SMILES string of the molecule is C[C@H]1c2cc(F)c(F)c3ccn(c23)C[C@H]1N(C)C(=O)OC(C)(C)C. The van der Waals surface area contributed by atoms with Gasteiger partial charge in [-0.25, -0.2) is 13.6 Å². The molecular weight excluding hydrogens is 314 g/mol. The number of benzene rings is 1.